The third kappa shape index (κ3) is 3.73. The summed E-state index contributed by atoms with van der Waals surface area (Å²) in [6.07, 6.45) is 5.16. The van der Waals surface area contributed by atoms with E-state index in [1.54, 1.807) is 0 Å². The molecule has 4 nitrogen and oxygen atoms in total. The van der Waals surface area contributed by atoms with Gasteiger partial charge in [-0.1, -0.05) is 13.8 Å². The Kier molecular flexibility index (Phi) is 5.08. The highest BCUT2D eigenvalue weighted by Gasteiger charge is 2.36. The lowest BCUT2D eigenvalue weighted by Gasteiger charge is -2.42. The van der Waals surface area contributed by atoms with Crippen LogP contribution in [0.25, 0.3) is 0 Å². The van der Waals surface area contributed by atoms with Gasteiger partial charge in [0, 0.05) is 31.6 Å². The number of piperazine rings is 1. The van der Waals surface area contributed by atoms with Crippen molar-refractivity contribution in [3.63, 3.8) is 0 Å². The highest BCUT2D eigenvalue weighted by Crippen LogP contribution is 2.28. The number of amides is 1. The maximum Gasteiger partial charge on any atom is 0.222 e. The van der Waals surface area contributed by atoms with Gasteiger partial charge in [0.1, 0.15) is 0 Å². The van der Waals surface area contributed by atoms with Gasteiger partial charge in [-0.05, 0) is 51.1 Å². The Morgan fingerprint density at radius 3 is 2.75 bits per heavy atom. The molecule has 0 spiro atoms. The number of carbonyl (C=O) groups excluding carboxylic acids is 1. The molecule has 2 aliphatic heterocycles. The van der Waals surface area contributed by atoms with E-state index in [1.807, 2.05) is 0 Å². The average molecular weight is 281 g/mol. The van der Waals surface area contributed by atoms with Crippen LogP contribution < -0.4 is 5.73 Å². The third-order valence-electron chi connectivity index (χ3n) is 5.09. The van der Waals surface area contributed by atoms with Gasteiger partial charge in [-0.2, -0.15) is 0 Å². The van der Waals surface area contributed by atoms with Crippen molar-refractivity contribution in [3.05, 3.63) is 0 Å². The molecule has 0 aromatic rings. The highest BCUT2D eigenvalue weighted by atomic mass is 16.2. The Balaban J connectivity index is 1.85. The van der Waals surface area contributed by atoms with Gasteiger partial charge < -0.3 is 10.6 Å². The van der Waals surface area contributed by atoms with E-state index in [1.165, 1.54) is 19.4 Å². The molecule has 2 aliphatic rings. The zero-order valence-corrected chi connectivity index (χ0v) is 13.4. The zero-order valence-electron chi connectivity index (χ0n) is 13.4. The van der Waals surface area contributed by atoms with Crippen LogP contribution in [0.4, 0.5) is 0 Å². The van der Waals surface area contributed by atoms with Crippen molar-refractivity contribution in [1.29, 1.82) is 0 Å². The summed E-state index contributed by atoms with van der Waals surface area (Å²) in [7, 11) is 0. The summed E-state index contributed by atoms with van der Waals surface area (Å²) in [5.41, 5.74) is 5.83. The van der Waals surface area contributed by atoms with Crippen molar-refractivity contribution in [3.8, 4) is 0 Å². The van der Waals surface area contributed by atoms with Crippen LogP contribution in [0, 0.1) is 5.41 Å². The van der Waals surface area contributed by atoms with E-state index >= 15 is 0 Å². The number of nitrogens with two attached hydrogens (primary N) is 1. The van der Waals surface area contributed by atoms with Crippen LogP contribution in [-0.2, 0) is 4.79 Å². The lowest BCUT2D eigenvalue weighted by atomic mass is 9.84. The fraction of sp³-hybridized carbons (Fsp3) is 0.938. The van der Waals surface area contributed by atoms with E-state index in [4.69, 9.17) is 5.73 Å². The van der Waals surface area contributed by atoms with Gasteiger partial charge >= 0.3 is 0 Å². The maximum absolute atomic E-state index is 12.5. The van der Waals surface area contributed by atoms with Crippen molar-refractivity contribution >= 4 is 5.91 Å². The summed E-state index contributed by atoms with van der Waals surface area (Å²) in [4.78, 5) is 17.2. The van der Waals surface area contributed by atoms with Gasteiger partial charge in [0.05, 0.1) is 0 Å². The van der Waals surface area contributed by atoms with Gasteiger partial charge in [0.2, 0.25) is 5.91 Å². The molecule has 20 heavy (non-hydrogen) atoms. The molecule has 0 saturated carbocycles. The summed E-state index contributed by atoms with van der Waals surface area (Å²) in [6.45, 7) is 10.5. The quantitative estimate of drug-likeness (QED) is 0.836. The number of hydrogen-bond acceptors (Lipinski definition) is 3. The Bertz CT molecular complexity index is 343. The lowest BCUT2D eigenvalue weighted by Crippen LogP contribution is -2.56. The van der Waals surface area contributed by atoms with Gasteiger partial charge in [-0.3, -0.25) is 9.69 Å². The minimum Gasteiger partial charge on any atom is -0.337 e. The van der Waals surface area contributed by atoms with E-state index in [-0.39, 0.29) is 5.41 Å². The summed E-state index contributed by atoms with van der Waals surface area (Å²) < 4.78 is 0. The average Bonchev–Trinajstić information content (AvgIpc) is 2.82. The second-order valence-corrected chi connectivity index (χ2v) is 7.39. The molecule has 2 saturated heterocycles. The van der Waals surface area contributed by atoms with E-state index < -0.39 is 0 Å². The molecule has 0 radical (unpaired) electrons. The number of nitrogens with zero attached hydrogens (tertiary/aromatic N) is 2. The standard InChI is InChI=1S/C16H31N3O/c1-13-11-18-10-4-5-14(18)12-19(13)15(20)6-7-16(2,3)8-9-17/h13-14H,4-12,17H2,1-3H3. The third-order valence-corrected chi connectivity index (χ3v) is 5.09. The molecule has 2 heterocycles. The smallest absolute Gasteiger partial charge is 0.222 e. The van der Waals surface area contributed by atoms with Crippen molar-refractivity contribution in [2.75, 3.05) is 26.2 Å². The predicted molar refractivity (Wildman–Crippen MR) is 82.5 cm³/mol. The minimum absolute atomic E-state index is 0.183. The molecular weight excluding hydrogens is 250 g/mol. The summed E-state index contributed by atoms with van der Waals surface area (Å²) in [5.74, 6) is 0.342. The fourth-order valence-corrected chi connectivity index (χ4v) is 3.64. The van der Waals surface area contributed by atoms with Crippen molar-refractivity contribution in [2.45, 2.75) is 65.0 Å². The molecule has 2 rings (SSSR count). The molecule has 2 fully saturated rings. The molecule has 0 aliphatic carbocycles. The number of fused-ring (bicyclic) bond motifs is 1. The molecule has 116 valence electrons. The van der Waals surface area contributed by atoms with Crippen LogP contribution in [0.15, 0.2) is 0 Å². The van der Waals surface area contributed by atoms with Gasteiger partial charge in [0.25, 0.3) is 0 Å². The predicted octanol–water partition coefficient (Wildman–Crippen LogP) is 1.84. The largest absolute Gasteiger partial charge is 0.337 e. The molecule has 2 atom stereocenters. The second kappa shape index (κ2) is 6.44. The van der Waals surface area contributed by atoms with Crippen LogP contribution in [0.2, 0.25) is 0 Å². The van der Waals surface area contributed by atoms with E-state index in [0.29, 0.717) is 31.0 Å². The Morgan fingerprint density at radius 2 is 2.05 bits per heavy atom. The van der Waals surface area contributed by atoms with Crippen LogP contribution in [0.1, 0.15) is 52.9 Å². The molecule has 4 heteroatoms. The number of carbonyl (C=O) groups is 1. The van der Waals surface area contributed by atoms with Crippen LogP contribution in [0.3, 0.4) is 0 Å². The van der Waals surface area contributed by atoms with Crippen LogP contribution >= 0.6 is 0 Å². The number of hydrogen-bond donors (Lipinski definition) is 1. The molecule has 0 bridgehead atoms. The molecule has 2 N–H and O–H groups in total. The van der Waals surface area contributed by atoms with Gasteiger partial charge in [0.15, 0.2) is 0 Å². The summed E-state index contributed by atoms with van der Waals surface area (Å²) in [5, 5.41) is 0. The van der Waals surface area contributed by atoms with Crippen LogP contribution in [-0.4, -0.2) is 54.0 Å². The topological polar surface area (TPSA) is 49.6 Å². The van der Waals surface area contributed by atoms with Gasteiger partial charge in [-0.25, -0.2) is 0 Å². The Morgan fingerprint density at radius 1 is 1.30 bits per heavy atom. The van der Waals surface area contributed by atoms with E-state index in [9.17, 15) is 4.79 Å². The van der Waals surface area contributed by atoms with Crippen molar-refractivity contribution in [2.24, 2.45) is 11.1 Å². The Labute approximate surface area is 123 Å². The monoisotopic (exact) mass is 281 g/mol. The zero-order chi connectivity index (χ0) is 14.8. The van der Waals surface area contributed by atoms with Crippen molar-refractivity contribution < 1.29 is 4.79 Å². The normalized spacial score (nSPS) is 27.7. The van der Waals surface area contributed by atoms with Crippen molar-refractivity contribution in [1.82, 2.24) is 9.80 Å². The maximum atomic E-state index is 12.5. The summed E-state index contributed by atoms with van der Waals surface area (Å²) in [6, 6.07) is 0.988. The van der Waals surface area contributed by atoms with E-state index in [0.717, 1.165) is 25.9 Å². The molecule has 0 aromatic heterocycles. The second-order valence-electron chi connectivity index (χ2n) is 7.39. The molecule has 2 unspecified atom stereocenters. The fourth-order valence-electron chi connectivity index (χ4n) is 3.64. The van der Waals surface area contributed by atoms with Gasteiger partial charge in [-0.15, -0.1) is 0 Å². The lowest BCUT2D eigenvalue weighted by molar-refractivity contribution is -0.137. The first-order valence-electron chi connectivity index (χ1n) is 8.16. The SMILES string of the molecule is CC1CN2CCCC2CN1C(=O)CCC(C)(C)CCN. The molecule has 1 amide bonds. The number of rotatable bonds is 5. The summed E-state index contributed by atoms with van der Waals surface area (Å²) >= 11 is 0. The van der Waals surface area contributed by atoms with E-state index in [2.05, 4.69) is 30.6 Å². The van der Waals surface area contributed by atoms with Crippen LogP contribution in [0.5, 0.6) is 0 Å². The molecular formula is C16H31N3O. The highest BCUT2D eigenvalue weighted by molar-refractivity contribution is 5.76. The Hall–Kier alpha value is -0.610. The first-order valence-corrected chi connectivity index (χ1v) is 8.16. The minimum atomic E-state index is 0.183. The molecule has 0 aromatic carbocycles. The first kappa shape index (κ1) is 15.8. The first-order chi connectivity index (χ1) is 9.43.